The number of hydrogen-bond acceptors (Lipinski definition) is 3. The van der Waals surface area contributed by atoms with Crippen LogP contribution in [-0.4, -0.2) is 37.2 Å². The smallest absolute Gasteiger partial charge is 0.0501 e. The highest BCUT2D eigenvalue weighted by atomic mass is 16.5. The molecular formula is C17H28N2O. The van der Waals surface area contributed by atoms with E-state index in [-0.39, 0.29) is 6.04 Å². The fourth-order valence-electron chi connectivity index (χ4n) is 3.21. The Labute approximate surface area is 123 Å². The zero-order chi connectivity index (χ0) is 14.5. The number of aryl methyl sites for hydroxylation is 1. The van der Waals surface area contributed by atoms with Crippen molar-refractivity contribution in [3.05, 3.63) is 35.4 Å². The molecule has 2 rings (SSSR count). The third-order valence-corrected chi connectivity index (χ3v) is 4.59. The van der Waals surface area contributed by atoms with Crippen LogP contribution < -0.4 is 5.73 Å². The van der Waals surface area contributed by atoms with Gasteiger partial charge in [-0.15, -0.1) is 0 Å². The topological polar surface area (TPSA) is 38.5 Å². The summed E-state index contributed by atoms with van der Waals surface area (Å²) in [5, 5.41) is 0. The summed E-state index contributed by atoms with van der Waals surface area (Å²) in [5.74, 6) is 0. The van der Waals surface area contributed by atoms with Gasteiger partial charge in [0.15, 0.2) is 0 Å². The first-order chi connectivity index (χ1) is 9.65. The van der Waals surface area contributed by atoms with Gasteiger partial charge in [0.2, 0.25) is 0 Å². The van der Waals surface area contributed by atoms with Gasteiger partial charge in [0, 0.05) is 25.3 Å². The van der Waals surface area contributed by atoms with E-state index in [0.29, 0.717) is 12.1 Å². The van der Waals surface area contributed by atoms with Crippen molar-refractivity contribution < 1.29 is 4.74 Å². The highest BCUT2D eigenvalue weighted by Gasteiger charge is 2.30. The van der Waals surface area contributed by atoms with Gasteiger partial charge in [-0.2, -0.15) is 0 Å². The summed E-state index contributed by atoms with van der Waals surface area (Å²) in [4.78, 5) is 2.49. The molecule has 1 aliphatic heterocycles. The fourth-order valence-corrected chi connectivity index (χ4v) is 3.21. The summed E-state index contributed by atoms with van der Waals surface area (Å²) in [6, 6.07) is 9.67. The Morgan fingerprint density at radius 3 is 2.55 bits per heavy atom. The van der Waals surface area contributed by atoms with Crippen LogP contribution in [0.1, 0.15) is 43.4 Å². The number of hydrogen-bond donors (Lipinski definition) is 1. The van der Waals surface area contributed by atoms with Gasteiger partial charge >= 0.3 is 0 Å². The normalized spacial score (nSPS) is 20.1. The number of nitrogens with zero attached hydrogens (tertiary/aromatic N) is 1. The highest BCUT2D eigenvalue weighted by Crippen LogP contribution is 2.30. The maximum Gasteiger partial charge on any atom is 0.0501 e. The van der Waals surface area contributed by atoms with Gasteiger partial charge in [-0.3, -0.25) is 4.90 Å². The van der Waals surface area contributed by atoms with Gasteiger partial charge in [-0.1, -0.05) is 31.2 Å². The van der Waals surface area contributed by atoms with Crippen LogP contribution in [0.15, 0.2) is 24.3 Å². The lowest BCUT2D eigenvalue weighted by atomic mass is 9.91. The molecule has 1 aromatic rings. The molecule has 1 aromatic carbocycles. The van der Waals surface area contributed by atoms with Crippen molar-refractivity contribution in [1.29, 1.82) is 0 Å². The monoisotopic (exact) mass is 276 g/mol. The van der Waals surface area contributed by atoms with Crippen LogP contribution in [0.4, 0.5) is 0 Å². The minimum absolute atomic E-state index is 0.170. The lowest BCUT2D eigenvalue weighted by molar-refractivity contribution is 0.0232. The Morgan fingerprint density at radius 2 is 1.95 bits per heavy atom. The summed E-state index contributed by atoms with van der Waals surface area (Å²) in [7, 11) is 2.22. The summed E-state index contributed by atoms with van der Waals surface area (Å²) in [6.45, 7) is 6.10. The zero-order valence-electron chi connectivity index (χ0n) is 13.0. The van der Waals surface area contributed by atoms with Crippen molar-refractivity contribution in [3.8, 4) is 0 Å². The van der Waals surface area contributed by atoms with Crippen molar-refractivity contribution in [3.63, 3.8) is 0 Å². The number of likely N-dealkylation sites (N-methyl/N-ethyl adjacent to an activating group) is 1. The molecule has 3 nitrogen and oxygen atoms in total. The van der Waals surface area contributed by atoms with Crippen molar-refractivity contribution in [2.45, 2.75) is 51.2 Å². The van der Waals surface area contributed by atoms with Crippen molar-refractivity contribution >= 4 is 0 Å². The molecule has 1 heterocycles. The fraction of sp³-hybridized carbons (Fsp3) is 0.647. The number of benzene rings is 1. The molecule has 2 unspecified atom stereocenters. The predicted octanol–water partition coefficient (Wildman–Crippen LogP) is 2.88. The number of ether oxygens (including phenoxy) is 1. The largest absolute Gasteiger partial charge is 0.381 e. The van der Waals surface area contributed by atoms with Crippen LogP contribution in [0.5, 0.6) is 0 Å². The first kappa shape index (κ1) is 15.5. The molecule has 0 spiro atoms. The Balaban J connectivity index is 2.25. The number of nitrogens with two attached hydrogens (primary N) is 1. The van der Waals surface area contributed by atoms with Crippen molar-refractivity contribution in [2.75, 3.05) is 20.3 Å². The Hall–Kier alpha value is -0.900. The van der Waals surface area contributed by atoms with Crippen LogP contribution in [-0.2, 0) is 4.74 Å². The van der Waals surface area contributed by atoms with E-state index < -0.39 is 0 Å². The van der Waals surface area contributed by atoms with E-state index in [0.717, 1.165) is 32.5 Å². The molecule has 2 N–H and O–H groups in total. The predicted molar refractivity (Wildman–Crippen MR) is 83.8 cm³/mol. The Kier molecular flexibility index (Phi) is 5.58. The molecule has 0 bridgehead atoms. The Bertz CT molecular complexity index is 415. The standard InChI is InChI=1S/C17H28N2O/c1-4-16(18)17(15-8-6-5-7-13(15)2)19(3)14-9-11-20-12-10-14/h5-8,14,16-17H,4,9-12,18H2,1-3H3. The molecule has 20 heavy (non-hydrogen) atoms. The van der Waals surface area contributed by atoms with Gasteiger partial charge in [0.25, 0.3) is 0 Å². The van der Waals surface area contributed by atoms with E-state index in [2.05, 4.69) is 50.1 Å². The quantitative estimate of drug-likeness (QED) is 0.898. The second kappa shape index (κ2) is 7.21. The minimum atomic E-state index is 0.170. The second-order valence-corrected chi connectivity index (χ2v) is 5.88. The van der Waals surface area contributed by atoms with Crippen molar-refractivity contribution in [2.24, 2.45) is 5.73 Å². The molecular weight excluding hydrogens is 248 g/mol. The molecule has 0 aromatic heterocycles. The minimum Gasteiger partial charge on any atom is -0.381 e. The summed E-state index contributed by atoms with van der Waals surface area (Å²) in [6.07, 6.45) is 3.21. The molecule has 3 heteroatoms. The SMILES string of the molecule is CCC(N)C(c1ccccc1C)N(C)C1CCOCC1. The van der Waals surface area contributed by atoms with E-state index >= 15 is 0 Å². The number of rotatable bonds is 5. The molecule has 1 aliphatic rings. The van der Waals surface area contributed by atoms with Crippen LogP contribution in [0.25, 0.3) is 0 Å². The molecule has 1 fully saturated rings. The molecule has 2 atom stereocenters. The van der Waals surface area contributed by atoms with Crippen molar-refractivity contribution in [1.82, 2.24) is 4.90 Å². The maximum atomic E-state index is 6.45. The average molecular weight is 276 g/mol. The van der Waals surface area contributed by atoms with E-state index in [1.165, 1.54) is 11.1 Å². The van der Waals surface area contributed by atoms with E-state index in [9.17, 15) is 0 Å². The lowest BCUT2D eigenvalue weighted by Gasteiger charge is -2.40. The Morgan fingerprint density at radius 1 is 1.30 bits per heavy atom. The lowest BCUT2D eigenvalue weighted by Crippen LogP contribution is -2.46. The maximum absolute atomic E-state index is 6.45. The highest BCUT2D eigenvalue weighted by molar-refractivity contribution is 5.30. The first-order valence-corrected chi connectivity index (χ1v) is 7.76. The van der Waals surface area contributed by atoms with Gasteiger partial charge in [-0.25, -0.2) is 0 Å². The molecule has 0 saturated carbocycles. The van der Waals surface area contributed by atoms with Gasteiger partial charge in [-0.05, 0) is 44.4 Å². The molecule has 0 radical (unpaired) electrons. The van der Waals surface area contributed by atoms with E-state index in [1.807, 2.05) is 0 Å². The average Bonchev–Trinajstić information content (AvgIpc) is 2.50. The third kappa shape index (κ3) is 3.40. The second-order valence-electron chi connectivity index (χ2n) is 5.88. The molecule has 0 amide bonds. The van der Waals surface area contributed by atoms with Crippen LogP contribution in [0.3, 0.4) is 0 Å². The van der Waals surface area contributed by atoms with E-state index in [1.54, 1.807) is 0 Å². The summed E-state index contributed by atoms with van der Waals surface area (Å²) in [5.41, 5.74) is 9.16. The molecule has 112 valence electrons. The molecule has 1 saturated heterocycles. The van der Waals surface area contributed by atoms with Gasteiger partial charge < -0.3 is 10.5 Å². The summed E-state index contributed by atoms with van der Waals surface area (Å²) >= 11 is 0. The third-order valence-electron chi connectivity index (χ3n) is 4.59. The van der Waals surface area contributed by atoms with Crippen LogP contribution >= 0.6 is 0 Å². The van der Waals surface area contributed by atoms with Crippen LogP contribution in [0, 0.1) is 6.92 Å². The first-order valence-electron chi connectivity index (χ1n) is 7.76. The van der Waals surface area contributed by atoms with Gasteiger partial charge in [0.1, 0.15) is 0 Å². The van der Waals surface area contributed by atoms with Crippen LogP contribution in [0.2, 0.25) is 0 Å². The van der Waals surface area contributed by atoms with Gasteiger partial charge in [0.05, 0.1) is 6.04 Å². The zero-order valence-corrected chi connectivity index (χ0v) is 13.0. The van der Waals surface area contributed by atoms with E-state index in [4.69, 9.17) is 10.5 Å². The summed E-state index contributed by atoms with van der Waals surface area (Å²) < 4.78 is 5.49. The molecule has 0 aliphatic carbocycles.